The van der Waals surface area contributed by atoms with Gasteiger partial charge in [-0.3, -0.25) is 4.79 Å². The van der Waals surface area contributed by atoms with Crippen LogP contribution in [-0.4, -0.2) is 21.5 Å². The number of nitrogens with two attached hydrogens (primary N) is 1. The van der Waals surface area contributed by atoms with Crippen molar-refractivity contribution in [2.45, 2.75) is 25.4 Å². The van der Waals surface area contributed by atoms with Crippen molar-refractivity contribution >= 4 is 41.8 Å². The van der Waals surface area contributed by atoms with Crippen LogP contribution in [0.2, 0.25) is 0 Å². The van der Waals surface area contributed by atoms with Gasteiger partial charge < -0.3 is 15.6 Å². The number of carbonyl (C=O) groups is 1. The lowest BCUT2D eigenvalue weighted by molar-refractivity contribution is -0.123. The molecule has 0 aliphatic carbocycles. The van der Waals surface area contributed by atoms with Gasteiger partial charge in [0.15, 0.2) is 0 Å². The molecule has 5 nitrogen and oxygen atoms in total. The number of para-hydroxylation sites is 2. The Morgan fingerprint density at radius 2 is 1.73 bits per heavy atom. The van der Waals surface area contributed by atoms with E-state index < -0.39 is 6.04 Å². The molecule has 2 aromatic carbocycles. The van der Waals surface area contributed by atoms with Crippen molar-refractivity contribution in [1.82, 2.24) is 14.9 Å². The van der Waals surface area contributed by atoms with Gasteiger partial charge in [-0.1, -0.05) is 42.5 Å². The summed E-state index contributed by atoms with van der Waals surface area (Å²) in [6.07, 6.45) is 0.516. The van der Waals surface area contributed by atoms with Gasteiger partial charge in [0.05, 0.1) is 23.1 Å². The molecule has 2 atom stereocenters. The molecule has 0 aliphatic heterocycles. The van der Waals surface area contributed by atoms with Crippen molar-refractivity contribution < 1.29 is 4.79 Å². The van der Waals surface area contributed by atoms with Crippen LogP contribution in [0.3, 0.4) is 0 Å². The van der Waals surface area contributed by atoms with Gasteiger partial charge >= 0.3 is 0 Å². The van der Waals surface area contributed by atoms with Crippen molar-refractivity contribution in [2.75, 3.05) is 0 Å². The first-order valence-corrected chi connectivity index (χ1v) is 8.07. The molecular formula is C19H24Cl2N4O. The molecule has 0 bridgehead atoms. The summed E-state index contributed by atoms with van der Waals surface area (Å²) in [5, 5.41) is 2.97. The van der Waals surface area contributed by atoms with Crippen molar-refractivity contribution in [1.29, 1.82) is 0 Å². The standard InChI is InChI=1S/C19H22N4O.2ClH/c1-13(18-22-16-10-6-7-11-17(16)23(18)2)21-19(24)15(20)12-14-8-4-3-5-9-14;;/h3-11,13,15H,12,20H2,1-2H3,(H,21,24);2*1H. The number of benzene rings is 2. The van der Waals surface area contributed by atoms with Crippen molar-refractivity contribution in [3.8, 4) is 0 Å². The highest BCUT2D eigenvalue weighted by Gasteiger charge is 2.20. The summed E-state index contributed by atoms with van der Waals surface area (Å²) in [4.78, 5) is 17.0. The highest BCUT2D eigenvalue weighted by Crippen LogP contribution is 2.19. The molecule has 0 saturated carbocycles. The van der Waals surface area contributed by atoms with Gasteiger partial charge in [-0.05, 0) is 31.0 Å². The van der Waals surface area contributed by atoms with Crippen LogP contribution >= 0.6 is 24.8 Å². The minimum Gasteiger partial charge on any atom is -0.345 e. The third kappa shape index (κ3) is 4.75. The van der Waals surface area contributed by atoms with E-state index in [1.165, 1.54) is 0 Å². The number of fused-ring (bicyclic) bond motifs is 1. The monoisotopic (exact) mass is 394 g/mol. The zero-order chi connectivity index (χ0) is 17.1. The Morgan fingerprint density at radius 1 is 1.12 bits per heavy atom. The largest absolute Gasteiger partial charge is 0.345 e. The maximum absolute atomic E-state index is 12.4. The number of aryl methyl sites for hydroxylation is 1. The molecule has 7 heteroatoms. The van der Waals surface area contributed by atoms with Gasteiger partial charge in [0.1, 0.15) is 5.82 Å². The Kier molecular flexibility index (Phi) is 8.08. The fraction of sp³-hybridized carbons (Fsp3) is 0.263. The number of carbonyl (C=O) groups excluding carboxylic acids is 1. The van der Waals surface area contributed by atoms with Crippen LogP contribution in [0, 0.1) is 0 Å². The van der Waals surface area contributed by atoms with Crippen LogP contribution in [0.15, 0.2) is 54.6 Å². The number of halogens is 2. The Labute approximate surface area is 165 Å². The minimum atomic E-state index is -0.579. The quantitative estimate of drug-likeness (QED) is 0.697. The second-order valence-corrected chi connectivity index (χ2v) is 6.04. The number of hydrogen-bond acceptors (Lipinski definition) is 3. The number of hydrogen-bond donors (Lipinski definition) is 2. The molecule has 0 fully saturated rings. The van der Waals surface area contributed by atoms with Crippen molar-refractivity contribution in [2.24, 2.45) is 12.8 Å². The molecule has 0 aliphatic rings. The molecule has 3 rings (SSSR count). The number of nitrogens with one attached hydrogen (secondary N) is 1. The van der Waals surface area contributed by atoms with Gasteiger partial charge in [-0.25, -0.2) is 4.98 Å². The minimum absolute atomic E-state index is 0. The summed E-state index contributed by atoms with van der Waals surface area (Å²) in [7, 11) is 1.96. The number of imidazole rings is 1. The molecule has 1 heterocycles. The van der Waals surface area contributed by atoms with E-state index >= 15 is 0 Å². The van der Waals surface area contributed by atoms with Crippen LogP contribution in [0.25, 0.3) is 11.0 Å². The van der Waals surface area contributed by atoms with E-state index in [1.54, 1.807) is 0 Å². The fourth-order valence-corrected chi connectivity index (χ4v) is 2.90. The van der Waals surface area contributed by atoms with Crippen LogP contribution < -0.4 is 11.1 Å². The molecule has 1 aromatic heterocycles. The van der Waals surface area contributed by atoms with E-state index in [1.807, 2.05) is 73.1 Å². The van der Waals surface area contributed by atoms with Crippen molar-refractivity contribution in [3.05, 3.63) is 66.0 Å². The van der Waals surface area contributed by atoms with Crippen molar-refractivity contribution in [3.63, 3.8) is 0 Å². The second kappa shape index (κ2) is 9.57. The first kappa shape index (κ1) is 22.0. The van der Waals surface area contributed by atoms with E-state index in [0.29, 0.717) is 6.42 Å². The number of nitrogens with zero attached hydrogens (tertiary/aromatic N) is 2. The van der Waals surface area contributed by atoms with E-state index in [-0.39, 0.29) is 36.8 Å². The number of rotatable bonds is 5. The zero-order valence-electron chi connectivity index (χ0n) is 14.8. The Balaban J connectivity index is 0.00000169. The van der Waals surface area contributed by atoms with E-state index in [2.05, 4.69) is 10.3 Å². The Hall–Kier alpha value is -2.08. The van der Waals surface area contributed by atoms with Gasteiger partial charge in [-0.2, -0.15) is 0 Å². The average Bonchev–Trinajstić information content (AvgIpc) is 2.93. The average molecular weight is 395 g/mol. The highest BCUT2D eigenvalue weighted by atomic mass is 35.5. The molecule has 0 radical (unpaired) electrons. The molecule has 26 heavy (non-hydrogen) atoms. The summed E-state index contributed by atoms with van der Waals surface area (Å²) in [5.41, 5.74) is 9.07. The predicted molar refractivity (Wildman–Crippen MR) is 110 cm³/mol. The molecule has 2 unspecified atom stereocenters. The van der Waals surface area contributed by atoms with E-state index in [9.17, 15) is 4.79 Å². The molecule has 0 saturated heterocycles. The zero-order valence-corrected chi connectivity index (χ0v) is 16.4. The topological polar surface area (TPSA) is 72.9 Å². The molecule has 140 valence electrons. The van der Waals surface area contributed by atoms with Crippen LogP contribution in [-0.2, 0) is 18.3 Å². The lowest BCUT2D eigenvalue weighted by Crippen LogP contribution is -2.43. The maximum Gasteiger partial charge on any atom is 0.237 e. The number of amides is 1. The first-order valence-electron chi connectivity index (χ1n) is 8.07. The summed E-state index contributed by atoms with van der Waals surface area (Å²) < 4.78 is 2.00. The molecule has 1 amide bonds. The summed E-state index contributed by atoms with van der Waals surface area (Å²) in [6, 6.07) is 16.9. The van der Waals surface area contributed by atoms with E-state index in [0.717, 1.165) is 22.4 Å². The highest BCUT2D eigenvalue weighted by molar-refractivity contribution is 5.85. The third-order valence-electron chi connectivity index (χ3n) is 4.20. The molecule has 3 aromatic rings. The van der Waals surface area contributed by atoms with Crippen LogP contribution in [0.1, 0.15) is 24.4 Å². The summed E-state index contributed by atoms with van der Waals surface area (Å²) >= 11 is 0. The second-order valence-electron chi connectivity index (χ2n) is 6.04. The lowest BCUT2D eigenvalue weighted by Gasteiger charge is -2.17. The van der Waals surface area contributed by atoms with Gasteiger partial charge in [0.2, 0.25) is 5.91 Å². The molecule has 0 spiro atoms. The molecular weight excluding hydrogens is 371 g/mol. The lowest BCUT2D eigenvalue weighted by atomic mass is 10.1. The maximum atomic E-state index is 12.4. The van der Waals surface area contributed by atoms with Gasteiger partial charge in [-0.15, -0.1) is 24.8 Å². The normalized spacial score (nSPS) is 12.6. The van der Waals surface area contributed by atoms with Gasteiger partial charge in [0.25, 0.3) is 0 Å². The van der Waals surface area contributed by atoms with Crippen LogP contribution in [0.5, 0.6) is 0 Å². The Morgan fingerprint density at radius 3 is 2.38 bits per heavy atom. The third-order valence-corrected chi connectivity index (χ3v) is 4.20. The molecule has 3 N–H and O–H groups in total. The first-order chi connectivity index (χ1) is 11.6. The predicted octanol–water partition coefficient (Wildman–Crippen LogP) is 3.16. The SMILES string of the molecule is CC(NC(=O)C(N)Cc1ccccc1)c1nc2ccccc2n1C.Cl.Cl. The van der Waals surface area contributed by atoms with Gasteiger partial charge in [0, 0.05) is 7.05 Å². The smallest absolute Gasteiger partial charge is 0.237 e. The summed E-state index contributed by atoms with van der Waals surface area (Å²) in [6.45, 7) is 1.92. The Bertz CT molecular complexity index is 851. The summed E-state index contributed by atoms with van der Waals surface area (Å²) in [5.74, 6) is 0.648. The van der Waals surface area contributed by atoms with Crippen LogP contribution in [0.4, 0.5) is 0 Å². The fourth-order valence-electron chi connectivity index (χ4n) is 2.90. The number of aromatic nitrogens is 2. The van der Waals surface area contributed by atoms with E-state index in [4.69, 9.17) is 5.73 Å².